The highest BCUT2D eigenvalue weighted by molar-refractivity contribution is 7.71. The minimum atomic E-state index is -2.50. The molecule has 1 aromatic heterocycles. The molecule has 1 aliphatic rings. The second kappa shape index (κ2) is 7.67. The molecule has 1 saturated carbocycles. The number of hydrogen-bond acceptors (Lipinski definition) is 4. The van der Waals surface area contributed by atoms with Crippen molar-refractivity contribution in [3.05, 3.63) is 76.5 Å². The van der Waals surface area contributed by atoms with Crippen LogP contribution in [-0.4, -0.2) is 18.2 Å². The molecule has 0 aliphatic heterocycles. The molecule has 2 aromatic carbocycles. The van der Waals surface area contributed by atoms with Gasteiger partial charge in [-0.3, -0.25) is 4.79 Å². The maximum Gasteiger partial charge on any atom is 0.275 e. The van der Waals surface area contributed by atoms with Crippen molar-refractivity contribution < 1.29 is 12.8 Å². The zero-order valence-corrected chi connectivity index (χ0v) is 15.9. The Morgan fingerprint density at radius 1 is 1.00 bits per heavy atom. The smallest absolute Gasteiger partial charge is 0.267 e. The Bertz CT molecular complexity index is 1120. The number of hydrogen-bond donors (Lipinski definition) is 1. The predicted molar refractivity (Wildman–Crippen MR) is 106 cm³/mol. The molecule has 0 amide bonds. The fourth-order valence-corrected chi connectivity index (χ4v) is 3.73. The quantitative estimate of drug-likeness (QED) is 0.648. The van der Waals surface area contributed by atoms with Crippen LogP contribution in [-0.2, 0) is 23.0 Å². The molecule has 1 heterocycles. The van der Waals surface area contributed by atoms with Crippen molar-refractivity contribution in [2.75, 3.05) is 0 Å². The molecule has 5 nitrogen and oxygen atoms in total. The minimum absolute atomic E-state index is 0.0261. The molecule has 4 rings (SSSR count). The standard InChI is InChI=1S/C21H19FN2O3S/c22-18-9-7-17(8-10-18)20-19(11-23-24(21(20)25)12-14-1-2-14)16-5-3-15(4-6-16)13-28(26)27/h3-11,14,28H,1-2,12-13H2. The zero-order valence-electron chi connectivity index (χ0n) is 15.0. The van der Waals surface area contributed by atoms with Gasteiger partial charge >= 0.3 is 0 Å². The Labute approximate surface area is 163 Å². The normalized spacial score (nSPS) is 13.8. The third-order valence-corrected chi connectivity index (χ3v) is 5.50. The van der Waals surface area contributed by atoms with Gasteiger partial charge in [0, 0.05) is 12.1 Å². The van der Waals surface area contributed by atoms with Gasteiger partial charge in [-0.05, 0) is 47.6 Å². The van der Waals surface area contributed by atoms with Crippen molar-refractivity contribution in [1.29, 1.82) is 0 Å². The first-order chi connectivity index (χ1) is 13.5. The van der Waals surface area contributed by atoms with Gasteiger partial charge in [0.25, 0.3) is 5.56 Å². The zero-order chi connectivity index (χ0) is 19.7. The van der Waals surface area contributed by atoms with E-state index >= 15 is 0 Å². The Morgan fingerprint density at radius 3 is 2.25 bits per heavy atom. The molecular weight excluding hydrogens is 379 g/mol. The third-order valence-electron chi connectivity index (χ3n) is 4.88. The van der Waals surface area contributed by atoms with Crippen molar-refractivity contribution in [3.8, 4) is 22.3 Å². The van der Waals surface area contributed by atoms with Gasteiger partial charge in [0.1, 0.15) is 16.5 Å². The van der Waals surface area contributed by atoms with E-state index in [1.165, 1.54) is 16.8 Å². The average Bonchev–Trinajstić information content (AvgIpc) is 3.49. The topological polar surface area (TPSA) is 69.0 Å². The lowest BCUT2D eigenvalue weighted by molar-refractivity contribution is 0.535. The molecule has 1 fully saturated rings. The largest absolute Gasteiger partial charge is 0.275 e. The highest BCUT2D eigenvalue weighted by atomic mass is 32.2. The highest BCUT2D eigenvalue weighted by Gasteiger charge is 2.24. The van der Waals surface area contributed by atoms with E-state index in [4.69, 9.17) is 0 Å². The van der Waals surface area contributed by atoms with E-state index in [0.29, 0.717) is 34.7 Å². The fourth-order valence-electron chi connectivity index (χ4n) is 3.22. The van der Waals surface area contributed by atoms with Gasteiger partial charge in [-0.1, -0.05) is 36.4 Å². The number of benzene rings is 2. The molecule has 0 unspecified atom stereocenters. The van der Waals surface area contributed by atoms with Crippen LogP contribution in [0.15, 0.2) is 59.5 Å². The summed E-state index contributed by atoms with van der Waals surface area (Å²) >= 11 is 0. The molecule has 0 saturated heterocycles. The van der Waals surface area contributed by atoms with Crippen LogP contribution >= 0.6 is 0 Å². The monoisotopic (exact) mass is 398 g/mol. The van der Waals surface area contributed by atoms with Crippen LogP contribution in [0.4, 0.5) is 4.39 Å². The Balaban J connectivity index is 1.82. The predicted octanol–water partition coefficient (Wildman–Crippen LogP) is 3.24. The van der Waals surface area contributed by atoms with Crippen molar-refractivity contribution in [1.82, 2.24) is 9.78 Å². The van der Waals surface area contributed by atoms with Gasteiger partial charge in [0.15, 0.2) is 0 Å². The van der Waals surface area contributed by atoms with E-state index in [9.17, 15) is 17.6 Å². The molecular formula is C21H19FN2O3S. The first-order valence-corrected chi connectivity index (χ1v) is 10.4. The summed E-state index contributed by atoms with van der Waals surface area (Å²) in [4.78, 5) is 13.2. The second-order valence-electron chi connectivity index (χ2n) is 7.06. The van der Waals surface area contributed by atoms with Gasteiger partial charge in [-0.15, -0.1) is 0 Å². The maximum atomic E-state index is 13.4. The van der Waals surface area contributed by atoms with E-state index in [0.717, 1.165) is 18.4 Å². The summed E-state index contributed by atoms with van der Waals surface area (Å²) in [6, 6.07) is 12.9. The SMILES string of the molecule is O=c1c(-c2ccc(F)cc2)c(-c2ccc(C[SH](=O)=O)cc2)cnn1CC1CC1. The molecule has 7 heteroatoms. The van der Waals surface area contributed by atoms with Gasteiger partial charge in [0.05, 0.1) is 17.5 Å². The molecule has 28 heavy (non-hydrogen) atoms. The summed E-state index contributed by atoms with van der Waals surface area (Å²) < 4.78 is 36.7. The van der Waals surface area contributed by atoms with Gasteiger partial charge in [-0.25, -0.2) is 17.5 Å². The van der Waals surface area contributed by atoms with E-state index in [-0.39, 0.29) is 17.1 Å². The van der Waals surface area contributed by atoms with Gasteiger partial charge < -0.3 is 0 Å². The van der Waals surface area contributed by atoms with Crippen molar-refractivity contribution >= 4 is 10.7 Å². The van der Waals surface area contributed by atoms with Crippen LogP contribution in [0.25, 0.3) is 22.3 Å². The molecule has 3 aromatic rings. The number of nitrogens with zero attached hydrogens (tertiary/aromatic N) is 2. The number of thiol groups is 1. The number of halogens is 1. The summed E-state index contributed by atoms with van der Waals surface area (Å²) in [6.07, 6.45) is 3.86. The lowest BCUT2D eigenvalue weighted by atomic mass is 9.96. The lowest BCUT2D eigenvalue weighted by Crippen LogP contribution is -2.25. The number of aromatic nitrogens is 2. The van der Waals surface area contributed by atoms with Crippen LogP contribution in [0.5, 0.6) is 0 Å². The van der Waals surface area contributed by atoms with Crippen LogP contribution in [0.3, 0.4) is 0 Å². The average molecular weight is 398 g/mol. The van der Waals surface area contributed by atoms with Gasteiger partial charge in [-0.2, -0.15) is 5.10 Å². The molecule has 0 atom stereocenters. The molecule has 0 N–H and O–H groups in total. The summed E-state index contributed by atoms with van der Waals surface area (Å²) in [5.74, 6) is 0.0981. The Hall–Kier alpha value is -2.80. The summed E-state index contributed by atoms with van der Waals surface area (Å²) in [7, 11) is -2.50. The Kier molecular flexibility index (Phi) is 5.09. The summed E-state index contributed by atoms with van der Waals surface area (Å²) in [5, 5.41) is 4.34. The van der Waals surface area contributed by atoms with Crippen molar-refractivity contribution in [2.45, 2.75) is 25.1 Å². The van der Waals surface area contributed by atoms with Crippen LogP contribution in [0.2, 0.25) is 0 Å². The molecule has 0 spiro atoms. The molecule has 1 aliphatic carbocycles. The summed E-state index contributed by atoms with van der Waals surface area (Å²) in [6.45, 7) is 0.586. The molecule has 0 radical (unpaired) electrons. The lowest BCUT2D eigenvalue weighted by Gasteiger charge is -2.13. The Morgan fingerprint density at radius 2 is 1.64 bits per heavy atom. The van der Waals surface area contributed by atoms with E-state index in [1.807, 2.05) is 0 Å². The highest BCUT2D eigenvalue weighted by Crippen LogP contribution is 2.32. The van der Waals surface area contributed by atoms with Crippen molar-refractivity contribution in [3.63, 3.8) is 0 Å². The first kappa shape index (κ1) is 18.6. The van der Waals surface area contributed by atoms with Crippen LogP contribution < -0.4 is 5.56 Å². The van der Waals surface area contributed by atoms with E-state index in [1.54, 1.807) is 42.6 Å². The van der Waals surface area contributed by atoms with Crippen LogP contribution in [0, 0.1) is 11.7 Å². The summed E-state index contributed by atoms with van der Waals surface area (Å²) in [5.41, 5.74) is 2.97. The second-order valence-corrected chi connectivity index (χ2v) is 8.04. The third kappa shape index (κ3) is 4.04. The molecule has 0 bridgehead atoms. The fraction of sp³-hybridized carbons (Fsp3) is 0.238. The van der Waals surface area contributed by atoms with Crippen molar-refractivity contribution in [2.24, 2.45) is 5.92 Å². The van der Waals surface area contributed by atoms with E-state index < -0.39 is 10.7 Å². The maximum absolute atomic E-state index is 13.4. The first-order valence-electron chi connectivity index (χ1n) is 9.08. The van der Waals surface area contributed by atoms with E-state index in [2.05, 4.69) is 5.10 Å². The van der Waals surface area contributed by atoms with Gasteiger partial charge in [0.2, 0.25) is 0 Å². The minimum Gasteiger partial charge on any atom is -0.267 e. The molecule has 144 valence electrons. The van der Waals surface area contributed by atoms with Crippen LogP contribution in [0.1, 0.15) is 18.4 Å². The number of rotatable bonds is 6.